The van der Waals surface area contributed by atoms with Gasteiger partial charge in [0.15, 0.2) is 0 Å². The highest BCUT2D eigenvalue weighted by Gasteiger charge is 2.08. The molecule has 0 saturated heterocycles. The Bertz CT molecular complexity index is 309. The van der Waals surface area contributed by atoms with Crippen LogP contribution < -0.4 is 5.32 Å². The van der Waals surface area contributed by atoms with Gasteiger partial charge < -0.3 is 10.1 Å². The number of hydrogen-bond acceptors (Lipinski definition) is 3. The van der Waals surface area contributed by atoms with Crippen LogP contribution in [0.2, 0.25) is 0 Å². The van der Waals surface area contributed by atoms with Crippen molar-refractivity contribution in [3.8, 4) is 0 Å². The van der Waals surface area contributed by atoms with Crippen molar-refractivity contribution in [3.63, 3.8) is 0 Å². The topological polar surface area (TPSA) is 49.9 Å². The number of rotatable bonds is 8. The first-order valence-corrected chi connectivity index (χ1v) is 5.67. The molecule has 16 heavy (non-hydrogen) atoms. The molecule has 4 heteroatoms. The predicted molar refractivity (Wildman–Crippen MR) is 65.4 cm³/mol. The molecular formula is C12H21N3O. The number of aromatic amines is 1. The summed E-state index contributed by atoms with van der Waals surface area (Å²) in [6, 6.07) is 0.307. The highest BCUT2D eigenvalue weighted by Crippen LogP contribution is 2.13. The van der Waals surface area contributed by atoms with Crippen molar-refractivity contribution in [1.82, 2.24) is 15.5 Å². The molecule has 1 aromatic rings. The van der Waals surface area contributed by atoms with Crippen LogP contribution in [0.3, 0.4) is 0 Å². The third-order valence-electron chi connectivity index (χ3n) is 2.50. The standard InChI is InChI=1S/C12H21N3O/c1-4-5-7-16-8-6-13-10(2)12-9-14-15-11(12)3/h4,9-10,13H,1,5-8H2,2-3H3,(H,14,15). The fourth-order valence-corrected chi connectivity index (χ4v) is 1.52. The minimum absolute atomic E-state index is 0.307. The van der Waals surface area contributed by atoms with Gasteiger partial charge in [-0.25, -0.2) is 0 Å². The van der Waals surface area contributed by atoms with Gasteiger partial charge in [-0.05, 0) is 20.3 Å². The van der Waals surface area contributed by atoms with Crippen molar-refractivity contribution in [1.29, 1.82) is 0 Å². The van der Waals surface area contributed by atoms with E-state index in [0.29, 0.717) is 6.04 Å². The largest absolute Gasteiger partial charge is 0.380 e. The number of hydrogen-bond donors (Lipinski definition) is 2. The summed E-state index contributed by atoms with van der Waals surface area (Å²) in [5.74, 6) is 0. The van der Waals surface area contributed by atoms with E-state index in [1.807, 2.05) is 19.2 Å². The van der Waals surface area contributed by atoms with Gasteiger partial charge in [-0.3, -0.25) is 5.10 Å². The summed E-state index contributed by atoms with van der Waals surface area (Å²) in [7, 11) is 0. The smallest absolute Gasteiger partial charge is 0.0591 e. The molecular weight excluding hydrogens is 202 g/mol. The first kappa shape index (κ1) is 12.9. The summed E-state index contributed by atoms with van der Waals surface area (Å²) >= 11 is 0. The van der Waals surface area contributed by atoms with Gasteiger partial charge in [0.1, 0.15) is 0 Å². The van der Waals surface area contributed by atoms with Gasteiger partial charge in [-0.15, -0.1) is 6.58 Å². The van der Waals surface area contributed by atoms with Crippen LogP contribution in [-0.4, -0.2) is 30.0 Å². The highest BCUT2D eigenvalue weighted by molar-refractivity contribution is 5.18. The summed E-state index contributed by atoms with van der Waals surface area (Å²) in [6.07, 6.45) is 4.65. The first-order chi connectivity index (χ1) is 7.75. The minimum Gasteiger partial charge on any atom is -0.380 e. The molecule has 0 aliphatic carbocycles. The van der Waals surface area contributed by atoms with Crippen molar-refractivity contribution in [2.24, 2.45) is 0 Å². The molecule has 1 atom stereocenters. The molecule has 1 unspecified atom stereocenters. The molecule has 4 nitrogen and oxygen atoms in total. The Balaban J connectivity index is 2.13. The Morgan fingerprint density at radius 2 is 2.44 bits per heavy atom. The van der Waals surface area contributed by atoms with E-state index in [1.54, 1.807) is 0 Å². The van der Waals surface area contributed by atoms with Gasteiger partial charge in [0, 0.05) is 23.8 Å². The SMILES string of the molecule is C=CCCOCCNC(C)c1cn[nH]c1C. The van der Waals surface area contributed by atoms with E-state index in [1.165, 1.54) is 5.56 Å². The van der Waals surface area contributed by atoms with E-state index >= 15 is 0 Å². The van der Waals surface area contributed by atoms with E-state index in [-0.39, 0.29) is 0 Å². The van der Waals surface area contributed by atoms with Gasteiger partial charge in [0.25, 0.3) is 0 Å². The minimum atomic E-state index is 0.307. The average molecular weight is 223 g/mol. The molecule has 0 spiro atoms. The second-order valence-corrected chi connectivity index (χ2v) is 3.82. The van der Waals surface area contributed by atoms with Crippen LogP contribution in [0.4, 0.5) is 0 Å². The summed E-state index contributed by atoms with van der Waals surface area (Å²) in [5.41, 5.74) is 2.33. The lowest BCUT2D eigenvalue weighted by atomic mass is 10.1. The lowest BCUT2D eigenvalue weighted by molar-refractivity contribution is 0.138. The summed E-state index contributed by atoms with van der Waals surface area (Å²) in [6.45, 7) is 10.1. The van der Waals surface area contributed by atoms with Gasteiger partial charge in [-0.2, -0.15) is 5.10 Å². The van der Waals surface area contributed by atoms with Crippen molar-refractivity contribution in [2.75, 3.05) is 19.8 Å². The number of H-pyrrole nitrogens is 1. The molecule has 0 radical (unpaired) electrons. The highest BCUT2D eigenvalue weighted by atomic mass is 16.5. The van der Waals surface area contributed by atoms with Gasteiger partial charge >= 0.3 is 0 Å². The summed E-state index contributed by atoms with van der Waals surface area (Å²) in [5, 5.41) is 10.3. The Hall–Kier alpha value is -1.13. The lowest BCUT2D eigenvalue weighted by Gasteiger charge is -2.13. The molecule has 0 saturated carbocycles. The van der Waals surface area contributed by atoms with E-state index in [9.17, 15) is 0 Å². The molecule has 90 valence electrons. The van der Waals surface area contributed by atoms with Crippen LogP contribution in [0, 0.1) is 6.92 Å². The lowest BCUT2D eigenvalue weighted by Crippen LogP contribution is -2.23. The Kier molecular flexibility index (Phi) is 5.82. The van der Waals surface area contributed by atoms with Crippen molar-refractivity contribution in [2.45, 2.75) is 26.3 Å². The fourth-order valence-electron chi connectivity index (χ4n) is 1.52. The van der Waals surface area contributed by atoms with E-state index < -0.39 is 0 Å². The molecule has 0 bridgehead atoms. The van der Waals surface area contributed by atoms with Crippen LogP contribution >= 0.6 is 0 Å². The third kappa shape index (κ3) is 4.16. The number of nitrogens with one attached hydrogen (secondary N) is 2. The molecule has 0 aromatic carbocycles. The maximum atomic E-state index is 5.41. The normalized spacial score (nSPS) is 12.6. The third-order valence-corrected chi connectivity index (χ3v) is 2.50. The molecule has 1 rings (SSSR count). The van der Waals surface area contributed by atoms with Crippen LogP contribution in [0.1, 0.15) is 30.6 Å². The van der Waals surface area contributed by atoms with E-state index in [0.717, 1.165) is 31.9 Å². The quantitative estimate of drug-likeness (QED) is 0.523. The van der Waals surface area contributed by atoms with Crippen LogP contribution in [0.25, 0.3) is 0 Å². The molecule has 0 amide bonds. The Morgan fingerprint density at radius 1 is 1.62 bits per heavy atom. The maximum absolute atomic E-state index is 5.41. The second kappa shape index (κ2) is 7.19. The number of nitrogens with zero attached hydrogens (tertiary/aromatic N) is 1. The first-order valence-electron chi connectivity index (χ1n) is 5.67. The van der Waals surface area contributed by atoms with E-state index in [4.69, 9.17) is 4.74 Å². The Morgan fingerprint density at radius 3 is 3.06 bits per heavy atom. The number of ether oxygens (including phenoxy) is 1. The molecule has 2 N–H and O–H groups in total. The average Bonchev–Trinajstić information content (AvgIpc) is 2.69. The summed E-state index contributed by atoms with van der Waals surface area (Å²) in [4.78, 5) is 0. The van der Waals surface area contributed by atoms with Crippen LogP contribution in [-0.2, 0) is 4.74 Å². The zero-order valence-corrected chi connectivity index (χ0v) is 10.1. The molecule has 0 aliphatic rings. The maximum Gasteiger partial charge on any atom is 0.0591 e. The monoisotopic (exact) mass is 223 g/mol. The van der Waals surface area contributed by atoms with Gasteiger partial charge in [0.2, 0.25) is 0 Å². The second-order valence-electron chi connectivity index (χ2n) is 3.82. The zero-order valence-electron chi connectivity index (χ0n) is 10.1. The fraction of sp³-hybridized carbons (Fsp3) is 0.583. The molecule has 1 heterocycles. The Labute approximate surface area is 97.1 Å². The molecule has 0 aliphatic heterocycles. The molecule has 0 fully saturated rings. The number of aryl methyl sites for hydroxylation is 1. The van der Waals surface area contributed by atoms with Crippen LogP contribution in [0.15, 0.2) is 18.9 Å². The van der Waals surface area contributed by atoms with E-state index in [2.05, 4.69) is 29.0 Å². The van der Waals surface area contributed by atoms with Gasteiger partial charge in [-0.1, -0.05) is 6.08 Å². The van der Waals surface area contributed by atoms with Crippen molar-refractivity contribution < 1.29 is 4.74 Å². The predicted octanol–water partition coefficient (Wildman–Crippen LogP) is 1.96. The van der Waals surface area contributed by atoms with Crippen LogP contribution in [0.5, 0.6) is 0 Å². The van der Waals surface area contributed by atoms with Crippen molar-refractivity contribution >= 4 is 0 Å². The molecule has 1 aromatic heterocycles. The number of aromatic nitrogens is 2. The zero-order chi connectivity index (χ0) is 11.8. The van der Waals surface area contributed by atoms with Gasteiger partial charge in [0.05, 0.1) is 19.4 Å². The van der Waals surface area contributed by atoms with Crippen molar-refractivity contribution in [3.05, 3.63) is 30.1 Å². The summed E-state index contributed by atoms with van der Waals surface area (Å²) < 4.78 is 5.41.